The second-order valence-electron chi connectivity index (χ2n) is 5.77. The molecule has 0 aliphatic carbocycles. The van der Waals surface area contributed by atoms with Crippen LogP contribution in [-0.2, 0) is 6.54 Å². The molecular weight excluding hydrogens is 348 g/mol. The van der Waals surface area contributed by atoms with Crippen LogP contribution in [0.4, 0.5) is 5.69 Å². The van der Waals surface area contributed by atoms with Crippen molar-refractivity contribution in [1.29, 1.82) is 0 Å². The van der Waals surface area contributed by atoms with Crippen LogP contribution in [0.2, 0.25) is 0 Å². The van der Waals surface area contributed by atoms with Gasteiger partial charge in [0.25, 0.3) is 17.7 Å². The van der Waals surface area contributed by atoms with Crippen LogP contribution in [0.5, 0.6) is 0 Å². The van der Waals surface area contributed by atoms with Crippen LogP contribution in [0.1, 0.15) is 36.0 Å². The number of fused-ring (bicyclic) bond motifs is 1. The third kappa shape index (κ3) is 2.70. The molecule has 128 valence electrons. The number of nitrogens with zero attached hydrogens (tertiary/aromatic N) is 1. The van der Waals surface area contributed by atoms with Crippen LogP contribution >= 0.6 is 11.3 Å². The normalized spacial score (nSPS) is 13.0. The van der Waals surface area contributed by atoms with Crippen LogP contribution in [-0.4, -0.2) is 17.7 Å². The topological polar surface area (TPSA) is 66.5 Å². The van der Waals surface area contributed by atoms with Gasteiger partial charge in [-0.2, -0.15) is 0 Å². The molecule has 1 aromatic heterocycles. The molecule has 4 rings (SSSR count). The number of para-hydroxylation sites is 1. The standard InChI is InChI=1S/C20H14N2O3S/c23-18(21-12-13-6-5-11-26-13)16-9-3-4-10-17(16)22-19(24)14-7-1-2-8-15(14)20(22)25/h1-11H,12H2,(H,21,23). The van der Waals surface area contributed by atoms with Crippen molar-refractivity contribution in [2.45, 2.75) is 6.54 Å². The third-order valence-electron chi connectivity index (χ3n) is 4.19. The van der Waals surface area contributed by atoms with E-state index in [0.717, 1.165) is 9.78 Å². The van der Waals surface area contributed by atoms with E-state index < -0.39 is 11.8 Å². The zero-order valence-corrected chi connectivity index (χ0v) is 14.5. The summed E-state index contributed by atoms with van der Waals surface area (Å²) < 4.78 is 0. The monoisotopic (exact) mass is 362 g/mol. The van der Waals surface area contributed by atoms with Gasteiger partial charge in [0, 0.05) is 4.88 Å². The van der Waals surface area contributed by atoms with Gasteiger partial charge in [-0.15, -0.1) is 11.3 Å². The van der Waals surface area contributed by atoms with Crippen molar-refractivity contribution in [3.05, 3.63) is 87.6 Å². The molecule has 6 heteroatoms. The highest BCUT2D eigenvalue weighted by molar-refractivity contribution is 7.09. The smallest absolute Gasteiger partial charge is 0.266 e. The molecule has 0 saturated heterocycles. The largest absolute Gasteiger partial charge is 0.347 e. The molecule has 0 radical (unpaired) electrons. The fraction of sp³-hybridized carbons (Fsp3) is 0.0500. The first-order valence-corrected chi connectivity index (χ1v) is 8.92. The van der Waals surface area contributed by atoms with Crippen molar-refractivity contribution < 1.29 is 14.4 Å². The Hall–Kier alpha value is -3.25. The van der Waals surface area contributed by atoms with E-state index in [4.69, 9.17) is 0 Å². The molecule has 2 aromatic carbocycles. The highest BCUT2D eigenvalue weighted by Crippen LogP contribution is 2.30. The molecule has 26 heavy (non-hydrogen) atoms. The van der Waals surface area contributed by atoms with Crippen molar-refractivity contribution in [2.24, 2.45) is 0 Å². The second-order valence-corrected chi connectivity index (χ2v) is 6.80. The van der Waals surface area contributed by atoms with Gasteiger partial charge in [-0.05, 0) is 35.7 Å². The minimum atomic E-state index is -0.413. The maximum absolute atomic E-state index is 12.7. The summed E-state index contributed by atoms with van der Waals surface area (Å²) in [7, 11) is 0. The predicted molar refractivity (Wildman–Crippen MR) is 99.5 cm³/mol. The molecule has 1 aliphatic heterocycles. The molecule has 0 atom stereocenters. The van der Waals surface area contributed by atoms with E-state index in [1.807, 2.05) is 17.5 Å². The number of benzene rings is 2. The van der Waals surface area contributed by atoms with E-state index in [-0.39, 0.29) is 5.91 Å². The molecule has 0 spiro atoms. The first-order chi connectivity index (χ1) is 12.7. The molecule has 0 fully saturated rings. The number of carbonyl (C=O) groups excluding carboxylic acids is 3. The van der Waals surface area contributed by atoms with Gasteiger partial charge in [0.05, 0.1) is 28.9 Å². The van der Waals surface area contributed by atoms with Crippen molar-refractivity contribution in [2.75, 3.05) is 4.90 Å². The summed E-state index contributed by atoms with van der Waals surface area (Å²) in [6.45, 7) is 0.396. The van der Waals surface area contributed by atoms with Crippen molar-refractivity contribution in [3.63, 3.8) is 0 Å². The molecule has 1 aliphatic rings. The number of amides is 3. The average molecular weight is 362 g/mol. The lowest BCUT2D eigenvalue weighted by Gasteiger charge is -2.17. The minimum absolute atomic E-state index is 0.290. The molecule has 3 aromatic rings. The Balaban J connectivity index is 1.65. The lowest BCUT2D eigenvalue weighted by atomic mass is 10.1. The summed E-state index contributed by atoms with van der Waals surface area (Å²) in [5.74, 6) is -1.15. The second kappa shape index (κ2) is 6.57. The Labute approximate surface area is 153 Å². The van der Waals surface area contributed by atoms with Crippen LogP contribution < -0.4 is 10.2 Å². The molecule has 0 saturated carbocycles. The van der Waals surface area contributed by atoms with Crippen LogP contribution in [0.3, 0.4) is 0 Å². The molecule has 0 bridgehead atoms. The molecular formula is C20H14N2O3S. The van der Waals surface area contributed by atoms with Gasteiger partial charge in [0.15, 0.2) is 0 Å². The van der Waals surface area contributed by atoms with Crippen LogP contribution in [0.15, 0.2) is 66.0 Å². The van der Waals surface area contributed by atoms with Gasteiger partial charge in [-0.1, -0.05) is 30.3 Å². The molecule has 1 N–H and O–H groups in total. The van der Waals surface area contributed by atoms with E-state index in [2.05, 4.69) is 5.32 Å². The van der Waals surface area contributed by atoms with Crippen molar-refractivity contribution in [1.82, 2.24) is 5.32 Å². The van der Waals surface area contributed by atoms with Crippen LogP contribution in [0.25, 0.3) is 0 Å². The number of rotatable bonds is 4. The first-order valence-electron chi connectivity index (χ1n) is 8.04. The van der Waals surface area contributed by atoms with Gasteiger partial charge in [0.2, 0.25) is 0 Å². The maximum atomic E-state index is 12.7. The average Bonchev–Trinajstić information content (AvgIpc) is 3.28. The maximum Gasteiger partial charge on any atom is 0.266 e. The number of nitrogens with one attached hydrogen (secondary N) is 1. The van der Waals surface area contributed by atoms with Crippen molar-refractivity contribution in [3.8, 4) is 0 Å². The van der Waals surface area contributed by atoms with Gasteiger partial charge in [0.1, 0.15) is 0 Å². The summed E-state index contributed by atoms with van der Waals surface area (Å²) in [6.07, 6.45) is 0. The molecule has 0 unspecified atom stereocenters. The van der Waals surface area contributed by atoms with Gasteiger partial charge in [-0.25, -0.2) is 4.90 Å². The Morgan fingerprint density at radius 1 is 0.885 bits per heavy atom. The minimum Gasteiger partial charge on any atom is -0.347 e. The highest BCUT2D eigenvalue weighted by atomic mass is 32.1. The number of imide groups is 1. The van der Waals surface area contributed by atoms with Gasteiger partial charge < -0.3 is 5.32 Å². The number of hydrogen-bond acceptors (Lipinski definition) is 4. The Morgan fingerprint density at radius 3 is 2.19 bits per heavy atom. The number of hydrogen-bond donors (Lipinski definition) is 1. The number of carbonyl (C=O) groups is 3. The van der Waals surface area contributed by atoms with E-state index >= 15 is 0 Å². The molecule has 5 nitrogen and oxygen atoms in total. The quantitative estimate of drug-likeness (QED) is 0.723. The molecule has 2 heterocycles. The van der Waals surface area contributed by atoms with Crippen molar-refractivity contribution >= 4 is 34.7 Å². The van der Waals surface area contributed by atoms with Gasteiger partial charge >= 0.3 is 0 Å². The zero-order valence-electron chi connectivity index (χ0n) is 13.6. The van der Waals surface area contributed by atoms with E-state index in [9.17, 15) is 14.4 Å². The summed E-state index contributed by atoms with van der Waals surface area (Å²) in [4.78, 5) is 40.2. The first kappa shape index (κ1) is 16.2. The SMILES string of the molecule is O=C(NCc1cccs1)c1ccccc1N1C(=O)c2ccccc2C1=O. The Morgan fingerprint density at radius 2 is 1.54 bits per heavy atom. The van der Waals surface area contributed by atoms with E-state index in [1.54, 1.807) is 59.9 Å². The Bertz CT molecular complexity index is 976. The number of thiophene rings is 1. The highest BCUT2D eigenvalue weighted by Gasteiger charge is 2.37. The van der Waals surface area contributed by atoms with E-state index in [1.165, 1.54) is 0 Å². The Kier molecular flexibility index (Phi) is 4.10. The van der Waals surface area contributed by atoms with Gasteiger partial charge in [-0.3, -0.25) is 14.4 Å². The molecule has 3 amide bonds. The number of anilines is 1. The lowest BCUT2D eigenvalue weighted by Crippen LogP contribution is -2.32. The summed E-state index contributed by atoms with van der Waals surface area (Å²) in [6, 6.07) is 17.2. The summed E-state index contributed by atoms with van der Waals surface area (Å²) in [5, 5.41) is 4.78. The summed E-state index contributed by atoms with van der Waals surface area (Å²) >= 11 is 1.55. The fourth-order valence-electron chi connectivity index (χ4n) is 2.94. The third-order valence-corrected chi connectivity index (χ3v) is 5.06. The summed E-state index contributed by atoms with van der Waals surface area (Å²) in [5.41, 5.74) is 1.29. The van der Waals surface area contributed by atoms with E-state index in [0.29, 0.717) is 28.9 Å². The zero-order chi connectivity index (χ0) is 18.1. The predicted octanol–water partition coefficient (Wildman–Crippen LogP) is 3.48. The van der Waals surface area contributed by atoms with Crippen LogP contribution in [0, 0.1) is 0 Å². The fourth-order valence-corrected chi connectivity index (χ4v) is 3.59. The lowest BCUT2D eigenvalue weighted by molar-refractivity contribution is 0.0926.